The van der Waals surface area contributed by atoms with Gasteiger partial charge in [0.1, 0.15) is 6.54 Å². The number of methoxy groups -OCH3 is 1. The maximum Gasteiger partial charge on any atom is 0.267 e. The number of nitrogens with one attached hydrogen (secondary N) is 1. The van der Waals surface area contributed by atoms with Crippen LogP contribution in [0.4, 0.5) is 5.69 Å². The molecule has 7 nitrogen and oxygen atoms in total. The molecular formula is C17H20N4O3. The number of rotatable bonds is 4. The first kappa shape index (κ1) is 16.2. The highest BCUT2D eigenvalue weighted by Crippen LogP contribution is 2.17. The number of hydrogen-bond acceptors (Lipinski definition) is 5. The molecule has 0 spiro atoms. The first-order valence-electron chi connectivity index (χ1n) is 8.05. The van der Waals surface area contributed by atoms with Gasteiger partial charge in [0.2, 0.25) is 11.8 Å². The Morgan fingerprint density at radius 3 is 2.88 bits per heavy atom. The van der Waals surface area contributed by atoms with Crippen LogP contribution in [0.15, 0.2) is 29.2 Å². The molecule has 24 heavy (non-hydrogen) atoms. The number of amides is 1. The van der Waals surface area contributed by atoms with Crippen LogP contribution in [-0.4, -0.2) is 27.8 Å². The van der Waals surface area contributed by atoms with E-state index in [0.717, 1.165) is 43.4 Å². The molecule has 0 unspecified atom stereocenters. The highest BCUT2D eigenvalue weighted by molar-refractivity contribution is 5.90. The molecule has 0 saturated heterocycles. The smallest absolute Gasteiger partial charge is 0.267 e. The summed E-state index contributed by atoms with van der Waals surface area (Å²) in [4.78, 5) is 28.3. The van der Waals surface area contributed by atoms with E-state index in [1.165, 1.54) is 18.0 Å². The van der Waals surface area contributed by atoms with Crippen molar-refractivity contribution < 1.29 is 9.53 Å². The second-order valence-corrected chi connectivity index (χ2v) is 5.81. The Bertz CT molecular complexity index is 783. The number of fused-ring (bicyclic) bond motifs is 1. The van der Waals surface area contributed by atoms with Gasteiger partial charge in [0.25, 0.3) is 5.56 Å². The lowest BCUT2D eigenvalue weighted by Crippen LogP contribution is -2.30. The fourth-order valence-electron chi connectivity index (χ4n) is 2.80. The van der Waals surface area contributed by atoms with E-state index >= 15 is 0 Å². The van der Waals surface area contributed by atoms with Gasteiger partial charge in [0.15, 0.2) is 0 Å². The van der Waals surface area contributed by atoms with Gasteiger partial charge in [0.05, 0.1) is 24.7 Å². The van der Waals surface area contributed by atoms with E-state index in [4.69, 9.17) is 4.74 Å². The van der Waals surface area contributed by atoms with Gasteiger partial charge in [0, 0.05) is 12.1 Å². The average molecular weight is 328 g/mol. The van der Waals surface area contributed by atoms with Gasteiger partial charge >= 0.3 is 0 Å². The molecule has 2 aromatic rings. The van der Waals surface area contributed by atoms with Crippen molar-refractivity contribution >= 4 is 11.6 Å². The summed E-state index contributed by atoms with van der Waals surface area (Å²) in [5.41, 5.74) is 2.27. The van der Waals surface area contributed by atoms with Crippen molar-refractivity contribution in [2.75, 3.05) is 12.4 Å². The molecule has 3 rings (SSSR count). The van der Waals surface area contributed by atoms with Crippen molar-refractivity contribution in [3.8, 4) is 5.88 Å². The van der Waals surface area contributed by atoms with Crippen LogP contribution in [0, 0.1) is 0 Å². The fourth-order valence-corrected chi connectivity index (χ4v) is 2.80. The van der Waals surface area contributed by atoms with Gasteiger partial charge in [-0.2, -0.15) is 5.10 Å². The molecule has 1 N–H and O–H groups in total. The van der Waals surface area contributed by atoms with Crippen LogP contribution in [0.1, 0.15) is 30.5 Å². The third-order valence-corrected chi connectivity index (χ3v) is 4.05. The highest BCUT2D eigenvalue weighted by atomic mass is 16.5. The second kappa shape index (κ2) is 7.25. The van der Waals surface area contributed by atoms with E-state index in [9.17, 15) is 9.59 Å². The molecule has 1 amide bonds. The molecule has 0 saturated carbocycles. The Morgan fingerprint density at radius 2 is 2.12 bits per heavy atom. The van der Waals surface area contributed by atoms with Crippen LogP contribution in [0.3, 0.4) is 0 Å². The van der Waals surface area contributed by atoms with Crippen molar-refractivity contribution in [1.82, 2.24) is 14.8 Å². The number of carbonyl (C=O) groups is 1. The Kier molecular flexibility index (Phi) is 4.88. The number of carbonyl (C=O) groups excluding carboxylic acids is 1. The topological polar surface area (TPSA) is 86.1 Å². The Morgan fingerprint density at radius 1 is 1.29 bits per heavy atom. The number of aromatic nitrogens is 3. The first-order chi connectivity index (χ1) is 11.7. The molecule has 1 aliphatic rings. The van der Waals surface area contributed by atoms with Gasteiger partial charge in [-0.05, 0) is 37.3 Å². The molecule has 0 bridgehead atoms. The SMILES string of the molecule is COc1ccc(NC(=O)Cn2nc3c(cc2=O)CCCCC3)cn1. The van der Waals surface area contributed by atoms with Gasteiger partial charge in [-0.15, -0.1) is 0 Å². The number of ether oxygens (including phenoxy) is 1. The number of nitrogens with zero attached hydrogens (tertiary/aromatic N) is 3. The predicted molar refractivity (Wildman–Crippen MR) is 89.2 cm³/mol. The van der Waals surface area contributed by atoms with Crippen LogP contribution >= 0.6 is 0 Å². The van der Waals surface area contributed by atoms with Gasteiger partial charge in [-0.25, -0.2) is 9.67 Å². The third-order valence-electron chi connectivity index (χ3n) is 4.05. The molecule has 0 fully saturated rings. The molecular weight excluding hydrogens is 308 g/mol. The fraction of sp³-hybridized carbons (Fsp3) is 0.412. The van der Waals surface area contributed by atoms with Crippen molar-refractivity contribution in [1.29, 1.82) is 0 Å². The summed E-state index contributed by atoms with van der Waals surface area (Å²) in [5.74, 6) is 0.154. The lowest BCUT2D eigenvalue weighted by molar-refractivity contribution is -0.117. The van der Waals surface area contributed by atoms with Crippen LogP contribution < -0.4 is 15.6 Å². The highest BCUT2D eigenvalue weighted by Gasteiger charge is 2.14. The van der Waals surface area contributed by atoms with E-state index < -0.39 is 0 Å². The molecule has 2 aromatic heterocycles. The summed E-state index contributed by atoms with van der Waals surface area (Å²) in [5, 5.41) is 7.09. The van der Waals surface area contributed by atoms with Crippen LogP contribution in [0.5, 0.6) is 5.88 Å². The zero-order chi connectivity index (χ0) is 16.9. The van der Waals surface area contributed by atoms with E-state index in [-0.39, 0.29) is 18.0 Å². The second-order valence-electron chi connectivity index (χ2n) is 5.81. The summed E-state index contributed by atoms with van der Waals surface area (Å²) in [7, 11) is 1.52. The number of hydrogen-bond donors (Lipinski definition) is 1. The number of aryl methyl sites for hydroxylation is 2. The Hall–Kier alpha value is -2.70. The van der Waals surface area contributed by atoms with Gasteiger partial charge in [-0.1, -0.05) is 6.42 Å². The molecule has 0 aromatic carbocycles. The van der Waals surface area contributed by atoms with E-state index in [2.05, 4.69) is 15.4 Å². The Labute approximate surface area is 139 Å². The van der Waals surface area contributed by atoms with Gasteiger partial charge < -0.3 is 10.1 Å². The van der Waals surface area contributed by atoms with Crippen molar-refractivity contribution in [3.05, 3.63) is 46.0 Å². The number of anilines is 1. The van der Waals surface area contributed by atoms with Crippen LogP contribution in [0.25, 0.3) is 0 Å². The largest absolute Gasteiger partial charge is 0.481 e. The van der Waals surface area contributed by atoms with Crippen molar-refractivity contribution in [3.63, 3.8) is 0 Å². The van der Waals surface area contributed by atoms with Crippen molar-refractivity contribution in [2.24, 2.45) is 0 Å². The summed E-state index contributed by atoms with van der Waals surface area (Å²) in [6.07, 6.45) is 6.56. The quantitative estimate of drug-likeness (QED) is 0.861. The van der Waals surface area contributed by atoms with Crippen LogP contribution in [-0.2, 0) is 24.2 Å². The summed E-state index contributed by atoms with van der Waals surface area (Å²) < 4.78 is 6.20. The summed E-state index contributed by atoms with van der Waals surface area (Å²) in [6.45, 7) is -0.113. The van der Waals surface area contributed by atoms with Crippen molar-refractivity contribution in [2.45, 2.75) is 38.6 Å². The minimum Gasteiger partial charge on any atom is -0.481 e. The molecule has 7 heteroatoms. The molecule has 2 heterocycles. The minimum absolute atomic E-state index is 0.113. The monoisotopic (exact) mass is 328 g/mol. The summed E-state index contributed by atoms with van der Waals surface area (Å²) >= 11 is 0. The Balaban J connectivity index is 1.71. The zero-order valence-corrected chi connectivity index (χ0v) is 13.6. The standard InChI is InChI=1S/C17H20N4O3/c1-24-16-8-7-13(10-18-16)19-15(22)11-21-17(23)9-12-5-3-2-4-6-14(12)20-21/h7-10H,2-6,11H2,1H3,(H,19,22). The number of pyridine rings is 1. The van der Waals surface area contributed by atoms with E-state index in [1.807, 2.05) is 0 Å². The third kappa shape index (κ3) is 3.79. The molecule has 0 atom stereocenters. The van der Waals surface area contributed by atoms with E-state index in [0.29, 0.717) is 11.6 Å². The zero-order valence-electron chi connectivity index (χ0n) is 13.6. The van der Waals surface area contributed by atoms with Gasteiger partial charge in [-0.3, -0.25) is 9.59 Å². The first-order valence-corrected chi connectivity index (χ1v) is 8.05. The average Bonchev–Trinajstić information content (AvgIpc) is 2.81. The minimum atomic E-state index is -0.315. The summed E-state index contributed by atoms with van der Waals surface area (Å²) in [6, 6.07) is 4.97. The lowest BCUT2D eigenvalue weighted by atomic mass is 10.1. The molecule has 0 radical (unpaired) electrons. The normalized spacial score (nSPS) is 13.7. The maximum atomic E-state index is 12.2. The maximum absolute atomic E-state index is 12.2. The predicted octanol–water partition coefficient (Wildman–Crippen LogP) is 1.55. The lowest BCUT2D eigenvalue weighted by Gasteiger charge is -2.10. The molecule has 126 valence electrons. The molecule has 1 aliphatic carbocycles. The van der Waals surface area contributed by atoms with Crippen LogP contribution in [0.2, 0.25) is 0 Å². The van der Waals surface area contributed by atoms with E-state index in [1.54, 1.807) is 18.2 Å². The molecule has 0 aliphatic heterocycles.